The highest BCUT2D eigenvalue weighted by molar-refractivity contribution is 4.80. The maximum atomic E-state index is 2.78. The van der Waals surface area contributed by atoms with Crippen LogP contribution in [-0.2, 0) is 0 Å². The summed E-state index contributed by atoms with van der Waals surface area (Å²) in [7, 11) is 0. The molecule has 0 N–H and O–H groups in total. The second kappa shape index (κ2) is 10.8. The molecule has 3 nitrogen and oxygen atoms in total. The highest BCUT2D eigenvalue weighted by atomic mass is 15.3. The maximum absolute atomic E-state index is 2.78. The van der Waals surface area contributed by atoms with E-state index in [1.165, 1.54) is 90.8 Å². The first-order valence-corrected chi connectivity index (χ1v) is 10.8. The Morgan fingerprint density at radius 3 is 2.08 bits per heavy atom. The van der Waals surface area contributed by atoms with E-state index < -0.39 is 0 Å². The van der Waals surface area contributed by atoms with E-state index in [4.69, 9.17) is 0 Å². The number of rotatable bonds is 10. The van der Waals surface area contributed by atoms with Crippen molar-refractivity contribution >= 4 is 0 Å². The van der Waals surface area contributed by atoms with Gasteiger partial charge in [-0.25, -0.2) is 0 Å². The lowest BCUT2D eigenvalue weighted by atomic mass is 10.0. The smallest absolute Gasteiger partial charge is 0.0113 e. The summed E-state index contributed by atoms with van der Waals surface area (Å²) < 4.78 is 0. The molecule has 0 saturated carbocycles. The zero-order valence-electron chi connectivity index (χ0n) is 17.0. The summed E-state index contributed by atoms with van der Waals surface area (Å²) >= 11 is 0. The lowest BCUT2D eigenvalue weighted by Crippen LogP contribution is -2.48. The lowest BCUT2D eigenvalue weighted by Gasteiger charge is -2.36. The molecular weight excluding hydrogens is 294 g/mol. The van der Waals surface area contributed by atoms with Crippen molar-refractivity contribution in [3.05, 3.63) is 0 Å². The van der Waals surface area contributed by atoms with Crippen LogP contribution < -0.4 is 0 Å². The highest BCUT2D eigenvalue weighted by Gasteiger charge is 2.24. The molecule has 0 aromatic rings. The molecule has 0 spiro atoms. The van der Waals surface area contributed by atoms with Crippen molar-refractivity contribution in [1.29, 1.82) is 0 Å². The summed E-state index contributed by atoms with van der Waals surface area (Å²) in [6.07, 6.45) is 9.94. The fourth-order valence-electron chi connectivity index (χ4n) is 4.51. The fraction of sp³-hybridized carbons (Fsp3) is 1.00. The van der Waals surface area contributed by atoms with Crippen LogP contribution in [-0.4, -0.2) is 72.6 Å². The SMILES string of the molecule is CC(C)C[C@@H]1CCCN1CCCCCCN1CCN(C(C)C)CC1. The number of piperazine rings is 1. The molecule has 24 heavy (non-hydrogen) atoms. The minimum atomic E-state index is 0.720. The van der Waals surface area contributed by atoms with Crippen molar-refractivity contribution < 1.29 is 0 Å². The van der Waals surface area contributed by atoms with Gasteiger partial charge in [0, 0.05) is 38.3 Å². The van der Waals surface area contributed by atoms with Gasteiger partial charge in [0.1, 0.15) is 0 Å². The third-order valence-electron chi connectivity index (χ3n) is 6.05. The van der Waals surface area contributed by atoms with Crippen LogP contribution in [0.3, 0.4) is 0 Å². The van der Waals surface area contributed by atoms with Gasteiger partial charge < -0.3 is 9.80 Å². The Hall–Kier alpha value is -0.120. The van der Waals surface area contributed by atoms with Gasteiger partial charge in [-0.05, 0) is 71.5 Å². The van der Waals surface area contributed by atoms with Crippen molar-refractivity contribution in [3.63, 3.8) is 0 Å². The quantitative estimate of drug-likeness (QED) is 0.556. The molecule has 0 aromatic heterocycles. The van der Waals surface area contributed by atoms with E-state index in [9.17, 15) is 0 Å². The van der Waals surface area contributed by atoms with Gasteiger partial charge in [-0.3, -0.25) is 4.90 Å². The minimum Gasteiger partial charge on any atom is -0.301 e. The first-order chi connectivity index (χ1) is 11.6. The molecule has 3 heteroatoms. The molecule has 2 aliphatic rings. The van der Waals surface area contributed by atoms with Gasteiger partial charge >= 0.3 is 0 Å². The van der Waals surface area contributed by atoms with Gasteiger partial charge in [0.05, 0.1) is 0 Å². The average Bonchev–Trinajstić information content (AvgIpc) is 2.97. The van der Waals surface area contributed by atoms with Crippen LogP contribution in [0.25, 0.3) is 0 Å². The van der Waals surface area contributed by atoms with Crippen molar-refractivity contribution in [2.24, 2.45) is 5.92 Å². The van der Waals surface area contributed by atoms with Crippen LogP contribution in [0.1, 0.15) is 72.6 Å². The van der Waals surface area contributed by atoms with E-state index in [2.05, 4.69) is 42.4 Å². The van der Waals surface area contributed by atoms with Crippen LogP contribution in [0, 0.1) is 5.92 Å². The van der Waals surface area contributed by atoms with Gasteiger partial charge in [0.15, 0.2) is 0 Å². The number of nitrogens with zero attached hydrogens (tertiary/aromatic N) is 3. The third kappa shape index (κ3) is 7.01. The van der Waals surface area contributed by atoms with E-state index in [-0.39, 0.29) is 0 Å². The summed E-state index contributed by atoms with van der Waals surface area (Å²) in [6, 6.07) is 1.61. The molecule has 0 unspecified atom stereocenters. The second-order valence-electron chi connectivity index (χ2n) is 8.85. The van der Waals surface area contributed by atoms with Gasteiger partial charge in [-0.2, -0.15) is 0 Å². The fourth-order valence-corrected chi connectivity index (χ4v) is 4.51. The summed E-state index contributed by atoms with van der Waals surface area (Å²) in [5.74, 6) is 0.853. The van der Waals surface area contributed by atoms with E-state index in [0.717, 1.165) is 18.0 Å². The number of hydrogen-bond acceptors (Lipinski definition) is 3. The molecule has 0 bridgehead atoms. The number of hydrogen-bond donors (Lipinski definition) is 0. The first-order valence-electron chi connectivity index (χ1n) is 10.8. The van der Waals surface area contributed by atoms with Crippen LogP contribution in [0.5, 0.6) is 0 Å². The topological polar surface area (TPSA) is 9.72 Å². The zero-order chi connectivity index (χ0) is 17.4. The second-order valence-corrected chi connectivity index (χ2v) is 8.85. The summed E-state index contributed by atoms with van der Waals surface area (Å²) in [4.78, 5) is 8.07. The van der Waals surface area contributed by atoms with E-state index in [0.29, 0.717) is 0 Å². The molecule has 0 aliphatic carbocycles. The van der Waals surface area contributed by atoms with E-state index >= 15 is 0 Å². The van der Waals surface area contributed by atoms with Gasteiger partial charge in [0.25, 0.3) is 0 Å². The van der Waals surface area contributed by atoms with E-state index in [1.54, 1.807) is 0 Å². The monoisotopic (exact) mass is 337 g/mol. The lowest BCUT2D eigenvalue weighted by molar-refractivity contribution is 0.107. The molecular formula is C21H43N3. The molecule has 2 fully saturated rings. The summed E-state index contributed by atoms with van der Waals surface area (Å²) in [6.45, 7) is 18.5. The summed E-state index contributed by atoms with van der Waals surface area (Å²) in [5.41, 5.74) is 0. The Morgan fingerprint density at radius 1 is 0.792 bits per heavy atom. The molecule has 2 heterocycles. The van der Waals surface area contributed by atoms with Crippen molar-refractivity contribution in [1.82, 2.24) is 14.7 Å². The van der Waals surface area contributed by atoms with Crippen LogP contribution in [0.4, 0.5) is 0 Å². The van der Waals surface area contributed by atoms with Crippen LogP contribution in [0.15, 0.2) is 0 Å². The molecule has 2 aliphatic heterocycles. The van der Waals surface area contributed by atoms with E-state index in [1.807, 2.05) is 0 Å². The molecule has 0 aromatic carbocycles. The molecule has 2 rings (SSSR count). The average molecular weight is 338 g/mol. The Kier molecular flexibility index (Phi) is 9.07. The Bertz CT molecular complexity index is 321. The number of likely N-dealkylation sites (tertiary alicyclic amines) is 1. The normalized spacial score (nSPS) is 24.5. The molecule has 0 amide bonds. The zero-order valence-corrected chi connectivity index (χ0v) is 17.0. The van der Waals surface area contributed by atoms with Gasteiger partial charge in [-0.1, -0.05) is 26.7 Å². The van der Waals surface area contributed by atoms with Crippen molar-refractivity contribution in [2.45, 2.75) is 84.7 Å². The maximum Gasteiger partial charge on any atom is 0.0113 e. The van der Waals surface area contributed by atoms with Gasteiger partial charge in [0.2, 0.25) is 0 Å². The Balaban J connectivity index is 1.47. The minimum absolute atomic E-state index is 0.720. The number of unbranched alkanes of at least 4 members (excludes halogenated alkanes) is 3. The third-order valence-corrected chi connectivity index (χ3v) is 6.05. The van der Waals surface area contributed by atoms with Crippen LogP contribution in [0.2, 0.25) is 0 Å². The first kappa shape index (κ1) is 20.2. The van der Waals surface area contributed by atoms with Crippen LogP contribution >= 0.6 is 0 Å². The predicted octanol–water partition coefficient (Wildman–Crippen LogP) is 4.08. The largest absolute Gasteiger partial charge is 0.301 e. The molecule has 0 radical (unpaired) electrons. The molecule has 142 valence electrons. The Morgan fingerprint density at radius 2 is 1.46 bits per heavy atom. The van der Waals surface area contributed by atoms with Crippen molar-refractivity contribution in [2.75, 3.05) is 45.8 Å². The molecule has 2 saturated heterocycles. The standard InChI is InChI=1S/C21H43N3/c1-19(2)18-21-10-9-13-24(21)12-8-6-5-7-11-22-14-16-23(17-15-22)20(3)4/h19-21H,5-18H2,1-4H3/t21-/m0/s1. The van der Waals surface area contributed by atoms with Gasteiger partial charge in [-0.15, -0.1) is 0 Å². The molecule has 1 atom stereocenters. The summed E-state index contributed by atoms with van der Waals surface area (Å²) in [5, 5.41) is 0. The predicted molar refractivity (Wildman–Crippen MR) is 106 cm³/mol. The highest BCUT2D eigenvalue weighted by Crippen LogP contribution is 2.23. The Labute approximate surface area is 151 Å². The van der Waals surface area contributed by atoms with Crippen molar-refractivity contribution in [3.8, 4) is 0 Å².